The summed E-state index contributed by atoms with van der Waals surface area (Å²) in [5, 5.41) is 13.2. The molecule has 0 radical (unpaired) electrons. The van der Waals surface area contributed by atoms with Gasteiger partial charge in [-0.1, -0.05) is 0 Å². The Bertz CT molecular complexity index is 560. The van der Waals surface area contributed by atoms with E-state index in [1.54, 1.807) is 6.92 Å². The number of nitrogens with one attached hydrogen (secondary N) is 1. The molecule has 1 N–H and O–H groups in total. The van der Waals surface area contributed by atoms with Crippen LogP contribution in [0.4, 0.5) is 15.8 Å². The van der Waals surface area contributed by atoms with Crippen molar-refractivity contribution in [3.8, 4) is 0 Å². The van der Waals surface area contributed by atoms with Gasteiger partial charge in [0.15, 0.2) is 0 Å². The Morgan fingerprint density at radius 1 is 1.64 bits per heavy atom. The molecule has 1 aliphatic rings. The van der Waals surface area contributed by atoms with Crippen LogP contribution in [-0.2, 0) is 14.3 Å². The van der Waals surface area contributed by atoms with Crippen LogP contribution < -0.4 is 5.32 Å². The number of anilines is 1. The molecule has 0 aliphatic carbocycles. The monoisotopic (exact) mass is 312 g/mol. The van der Waals surface area contributed by atoms with E-state index in [0.717, 1.165) is 31.0 Å². The number of benzene rings is 1. The van der Waals surface area contributed by atoms with Gasteiger partial charge < -0.3 is 14.8 Å². The molecule has 8 heteroatoms. The maximum Gasteiger partial charge on any atom is 0.295 e. The molecule has 0 unspecified atom stereocenters. The van der Waals surface area contributed by atoms with Gasteiger partial charge in [-0.3, -0.25) is 14.9 Å². The highest BCUT2D eigenvalue weighted by atomic mass is 19.1. The molecule has 1 aromatic rings. The Morgan fingerprint density at radius 2 is 2.41 bits per heavy atom. The SMILES string of the molecule is C[C@@H](OC[C@@H]1CCCO1)C(=O)Nc1ccc(F)cc1[N+](=O)[O-]. The second-order valence-corrected chi connectivity index (χ2v) is 5.02. The van der Waals surface area contributed by atoms with Gasteiger partial charge >= 0.3 is 0 Å². The molecule has 1 aromatic carbocycles. The summed E-state index contributed by atoms with van der Waals surface area (Å²) >= 11 is 0. The fraction of sp³-hybridized carbons (Fsp3) is 0.500. The number of nitrogens with zero attached hydrogens (tertiary/aromatic N) is 1. The van der Waals surface area contributed by atoms with Gasteiger partial charge in [0.25, 0.3) is 11.6 Å². The molecule has 0 aromatic heterocycles. The zero-order valence-corrected chi connectivity index (χ0v) is 12.1. The van der Waals surface area contributed by atoms with Crippen molar-refractivity contribution in [1.82, 2.24) is 0 Å². The van der Waals surface area contributed by atoms with Crippen LogP contribution in [0.1, 0.15) is 19.8 Å². The van der Waals surface area contributed by atoms with Crippen LogP contribution in [0, 0.1) is 15.9 Å². The molecular formula is C14H17FN2O5. The van der Waals surface area contributed by atoms with Crippen LogP contribution in [0.3, 0.4) is 0 Å². The normalized spacial score (nSPS) is 18.9. The molecule has 1 saturated heterocycles. The molecule has 120 valence electrons. The van der Waals surface area contributed by atoms with Gasteiger partial charge in [0, 0.05) is 6.61 Å². The summed E-state index contributed by atoms with van der Waals surface area (Å²) in [5.41, 5.74) is -0.566. The third-order valence-corrected chi connectivity index (χ3v) is 3.34. The number of halogens is 1. The summed E-state index contributed by atoms with van der Waals surface area (Å²) in [7, 11) is 0. The molecule has 0 spiro atoms. The van der Waals surface area contributed by atoms with Gasteiger partial charge in [0.1, 0.15) is 17.6 Å². The lowest BCUT2D eigenvalue weighted by Crippen LogP contribution is -2.30. The van der Waals surface area contributed by atoms with E-state index in [9.17, 15) is 19.3 Å². The lowest BCUT2D eigenvalue weighted by molar-refractivity contribution is -0.384. The first kappa shape index (κ1) is 16.3. The third-order valence-electron chi connectivity index (χ3n) is 3.34. The number of hydrogen-bond acceptors (Lipinski definition) is 5. The Labute approximate surface area is 126 Å². The summed E-state index contributed by atoms with van der Waals surface area (Å²) in [5.74, 6) is -1.28. The van der Waals surface area contributed by atoms with Crippen molar-refractivity contribution in [1.29, 1.82) is 0 Å². The van der Waals surface area contributed by atoms with Gasteiger partial charge in [0.2, 0.25) is 0 Å². The lowest BCUT2D eigenvalue weighted by atomic mass is 10.2. The maximum atomic E-state index is 13.0. The fourth-order valence-electron chi connectivity index (χ4n) is 2.10. The average Bonchev–Trinajstić information content (AvgIpc) is 2.99. The summed E-state index contributed by atoms with van der Waals surface area (Å²) in [6.07, 6.45) is 1.04. The highest BCUT2D eigenvalue weighted by Gasteiger charge is 2.22. The van der Waals surface area contributed by atoms with Crippen molar-refractivity contribution in [2.24, 2.45) is 0 Å². The van der Waals surface area contributed by atoms with Crippen molar-refractivity contribution < 1.29 is 23.6 Å². The van der Waals surface area contributed by atoms with Crippen LogP contribution in [0.15, 0.2) is 18.2 Å². The molecule has 1 amide bonds. The van der Waals surface area contributed by atoms with Gasteiger partial charge in [-0.15, -0.1) is 0 Å². The van der Waals surface area contributed by atoms with Crippen LogP contribution in [-0.4, -0.2) is 36.3 Å². The molecule has 0 saturated carbocycles. The van der Waals surface area contributed by atoms with E-state index < -0.39 is 28.4 Å². The second kappa shape index (κ2) is 7.28. The highest BCUT2D eigenvalue weighted by molar-refractivity contribution is 5.95. The van der Waals surface area contributed by atoms with Gasteiger partial charge in [-0.05, 0) is 31.9 Å². The predicted octanol–water partition coefficient (Wildman–Crippen LogP) is 2.26. The number of rotatable bonds is 6. The summed E-state index contributed by atoms with van der Waals surface area (Å²) in [6, 6.07) is 2.95. The summed E-state index contributed by atoms with van der Waals surface area (Å²) < 4.78 is 23.8. The quantitative estimate of drug-likeness (QED) is 0.642. The first-order valence-corrected chi connectivity index (χ1v) is 6.95. The van der Waals surface area contributed by atoms with Crippen LogP contribution in [0.25, 0.3) is 0 Å². The van der Waals surface area contributed by atoms with Crippen molar-refractivity contribution in [3.05, 3.63) is 34.1 Å². The van der Waals surface area contributed by atoms with Crippen LogP contribution >= 0.6 is 0 Å². The Hall–Kier alpha value is -2.06. The second-order valence-electron chi connectivity index (χ2n) is 5.02. The van der Waals surface area contributed by atoms with Gasteiger partial charge in [-0.25, -0.2) is 4.39 Å². The highest BCUT2D eigenvalue weighted by Crippen LogP contribution is 2.25. The zero-order valence-electron chi connectivity index (χ0n) is 12.1. The number of nitro benzene ring substituents is 1. The summed E-state index contributed by atoms with van der Waals surface area (Å²) in [6.45, 7) is 2.52. The largest absolute Gasteiger partial charge is 0.376 e. The van der Waals surface area contributed by atoms with Crippen molar-refractivity contribution in [2.75, 3.05) is 18.5 Å². The minimum Gasteiger partial charge on any atom is -0.376 e. The molecule has 7 nitrogen and oxygen atoms in total. The number of ether oxygens (including phenoxy) is 2. The van der Waals surface area contributed by atoms with Crippen molar-refractivity contribution >= 4 is 17.3 Å². The van der Waals surface area contributed by atoms with Crippen molar-refractivity contribution in [2.45, 2.75) is 32.0 Å². The number of hydrogen-bond donors (Lipinski definition) is 1. The number of amides is 1. The summed E-state index contributed by atoms with van der Waals surface area (Å²) in [4.78, 5) is 22.1. The first-order valence-electron chi connectivity index (χ1n) is 6.95. The van der Waals surface area contributed by atoms with E-state index in [2.05, 4.69) is 5.32 Å². The number of nitro groups is 1. The van der Waals surface area contributed by atoms with E-state index >= 15 is 0 Å². The lowest BCUT2D eigenvalue weighted by Gasteiger charge is -2.16. The standard InChI is InChI=1S/C14H17FN2O5/c1-9(22-8-11-3-2-6-21-11)14(18)16-12-5-4-10(15)7-13(12)17(19)20/h4-5,7,9,11H,2-3,6,8H2,1H3,(H,16,18)/t9-,11+/m1/s1. The minimum atomic E-state index is -0.797. The zero-order chi connectivity index (χ0) is 16.1. The average molecular weight is 312 g/mol. The Kier molecular flexibility index (Phi) is 5.40. The van der Waals surface area contributed by atoms with Crippen molar-refractivity contribution in [3.63, 3.8) is 0 Å². The van der Waals surface area contributed by atoms with E-state index in [0.29, 0.717) is 13.2 Å². The third kappa shape index (κ3) is 4.22. The first-order chi connectivity index (χ1) is 10.5. The molecule has 0 bridgehead atoms. The van der Waals surface area contributed by atoms with Crippen LogP contribution in [0.2, 0.25) is 0 Å². The topological polar surface area (TPSA) is 90.7 Å². The Morgan fingerprint density at radius 3 is 3.05 bits per heavy atom. The predicted molar refractivity (Wildman–Crippen MR) is 76.1 cm³/mol. The Balaban J connectivity index is 1.94. The minimum absolute atomic E-state index is 0.0181. The molecule has 1 fully saturated rings. The maximum absolute atomic E-state index is 13.0. The van der Waals surface area contributed by atoms with E-state index in [1.807, 2.05) is 0 Å². The molecular weight excluding hydrogens is 295 g/mol. The molecule has 22 heavy (non-hydrogen) atoms. The van der Waals surface area contributed by atoms with E-state index in [1.165, 1.54) is 0 Å². The smallest absolute Gasteiger partial charge is 0.295 e. The van der Waals surface area contributed by atoms with Gasteiger partial charge in [0.05, 0.1) is 23.7 Å². The molecule has 2 atom stereocenters. The fourth-order valence-corrected chi connectivity index (χ4v) is 2.10. The molecule has 1 aliphatic heterocycles. The van der Waals surface area contributed by atoms with E-state index in [4.69, 9.17) is 9.47 Å². The molecule has 2 rings (SSSR count). The number of carbonyl (C=O) groups excluding carboxylic acids is 1. The number of carbonyl (C=O) groups is 1. The molecule has 1 heterocycles. The van der Waals surface area contributed by atoms with Gasteiger partial charge in [-0.2, -0.15) is 0 Å². The van der Waals surface area contributed by atoms with E-state index in [-0.39, 0.29) is 11.8 Å². The van der Waals surface area contributed by atoms with Crippen LogP contribution in [0.5, 0.6) is 0 Å².